The Morgan fingerprint density at radius 3 is 2.88 bits per heavy atom. The first kappa shape index (κ1) is 11.9. The van der Waals surface area contributed by atoms with E-state index in [0.29, 0.717) is 18.7 Å². The van der Waals surface area contributed by atoms with Crippen molar-refractivity contribution in [3.05, 3.63) is 0 Å². The summed E-state index contributed by atoms with van der Waals surface area (Å²) in [4.78, 5) is 12.1. The lowest BCUT2D eigenvalue weighted by Crippen LogP contribution is -2.44. The summed E-state index contributed by atoms with van der Waals surface area (Å²) in [7, 11) is 1.67. The fourth-order valence-corrected chi connectivity index (χ4v) is 2.88. The van der Waals surface area contributed by atoms with Crippen molar-refractivity contribution in [1.82, 2.24) is 10.6 Å². The summed E-state index contributed by atoms with van der Waals surface area (Å²) in [6.07, 6.45) is 4.33. The van der Waals surface area contributed by atoms with E-state index in [1.165, 1.54) is 6.42 Å². The number of nitrogens with one attached hydrogen (secondary N) is 2. The van der Waals surface area contributed by atoms with Gasteiger partial charge in [-0.2, -0.15) is 0 Å². The maximum Gasteiger partial charge on any atom is 0.225 e. The van der Waals surface area contributed by atoms with Gasteiger partial charge in [0.25, 0.3) is 0 Å². The van der Waals surface area contributed by atoms with E-state index in [2.05, 4.69) is 17.6 Å². The van der Waals surface area contributed by atoms with Gasteiger partial charge in [-0.1, -0.05) is 6.92 Å². The van der Waals surface area contributed by atoms with E-state index in [-0.39, 0.29) is 17.9 Å². The molecule has 0 aromatic carbocycles. The summed E-state index contributed by atoms with van der Waals surface area (Å²) < 4.78 is 5.09. The molecule has 0 aromatic rings. The zero-order valence-electron chi connectivity index (χ0n) is 10.2. The number of fused-ring (bicyclic) bond motifs is 2. The van der Waals surface area contributed by atoms with E-state index in [4.69, 9.17) is 4.74 Å². The molecule has 0 aromatic heterocycles. The molecule has 0 radical (unpaired) electrons. The molecular weight excluding hydrogens is 204 g/mol. The molecule has 1 amide bonds. The predicted molar refractivity (Wildman–Crippen MR) is 62.2 cm³/mol. The van der Waals surface area contributed by atoms with Gasteiger partial charge in [-0.05, 0) is 25.7 Å². The van der Waals surface area contributed by atoms with Crippen LogP contribution in [0, 0.1) is 5.92 Å². The number of carbonyl (C=O) groups is 1. The molecule has 0 aliphatic carbocycles. The van der Waals surface area contributed by atoms with Crippen LogP contribution >= 0.6 is 0 Å². The number of hydrogen-bond donors (Lipinski definition) is 2. The lowest BCUT2D eigenvalue weighted by Gasteiger charge is -2.23. The zero-order valence-corrected chi connectivity index (χ0v) is 10.2. The van der Waals surface area contributed by atoms with Gasteiger partial charge in [0, 0.05) is 19.2 Å². The van der Waals surface area contributed by atoms with Crippen LogP contribution in [0.25, 0.3) is 0 Å². The van der Waals surface area contributed by atoms with Gasteiger partial charge < -0.3 is 15.4 Å². The highest BCUT2D eigenvalue weighted by molar-refractivity contribution is 5.80. The molecule has 4 atom stereocenters. The van der Waals surface area contributed by atoms with E-state index in [9.17, 15) is 4.79 Å². The average molecular weight is 226 g/mol. The van der Waals surface area contributed by atoms with Crippen LogP contribution in [-0.4, -0.2) is 37.7 Å². The molecular formula is C12H22N2O2. The van der Waals surface area contributed by atoms with E-state index >= 15 is 0 Å². The molecule has 2 saturated heterocycles. The molecule has 2 bridgehead atoms. The number of hydrogen-bond acceptors (Lipinski definition) is 3. The summed E-state index contributed by atoms with van der Waals surface area (Å²) in [6.45, 7) is 2.68. The number of amides is 1. The van der Waals surface area contributed by atoms with Crippen LogP contribution in [0.15, 0.2) is 0 Å². The Morgan fingerprint density at radius 1 is 1.56 bits per heavy atom. The number of methoxy groups -OCH3 is 1. The highest BCUT2D eigenvalue weighted by Crippen LogP contribution is 2.33. The van der Waals surface area contributed by atoms with Crippen molar-refractivity contribution in [2.75, 3.05) is 13.7 Å². The zero-order chi connectivity index (χ0) is 11.5. The van der Waals surface area contributed by atoms with Gasteiger partial charge in [0.1, 0.15) is 0 Å². The van der Waals surface area contributed by atoms with Crippen molar-refractivity contribution in [2.45, 2.75) is 50.7 Å². The molecule has 0 spiro atoms. The molecule has 0 saturated carbocycles. The fourth-order valence-electron chi connectivity index (χ4n) is 2.88. The Hall–Kier alpha value is -0.610. The van der Waals surface area contributed by atoms with Crippen LogP contribution in [0.5, 0.6) is 0 Å². The third-order valence-electron chi connectivity index (χ3n) is 3.84. The Bertz CT molecular complexity index is 257. The highest BCUT2D eigenvalue weighted by atomic mass is 16.5. The second-order valence-corrected chi connectivity index (χ2v) is 4.96. The normalized spacial score (nSPS) is 34.0. The van der Waals surface area contributed by atoms with E-state index in [0.717, 1.165) is 19.3 Å². The molecule has 2 rings (SSSR count). The van der Waals surface area contributed by atoms with Crippen LogP contribution in [0.1, 0.15) is 32.6 Å². The van der Waals surface area contributed by atoms with Crippen molar-refractivity contribution in [3.8, 4) is 0 Å². The average Bonchev–Trinajstić information content (AvgIpc) is 2.89. The summed E-state index contributed by atoms with van der Waals surface area (Å²) >= 11 is 0. The minimum Gasteiger partial charge on any atom is -0.383 e. The molecule has 16 heavy (non-hydrogen) atoms. The van der Waals surface area contributed by atoms with E-state index in [1.54, 1.807) is 7.11 Å². The standard InChI is InChI=1S/C12H22N2O2/c1-3-8(7-16-2)14-12(15)10-6-9-4-5-11(10)13-9/h8-11,13H,3-7H2,1-2H3,(H,14,15). The third-order valence-corrected chi connectivity index (χ3v) is 3.84. The molecule has 2 heterocycles. The van der Waals surface area contributed by atoms with Crippen LogP contribution in [0.4, 0.5) is 0 Å². The van der Waals surface area contributed by atoms with Crippen LogP contribution in [0.2, 0.25) is 0 Å². The van der Waals surface area contributed by atoms with Gasteiger partial charge >= 0.3 is 0 Å². The predicted octanol–water partition coefficient (Wildman–Crippen LogP) is 0.668. The Balaban J connectivity index is 1.83. The fraction of sp³-hybridized carbons (Fsp3) is 0.917. The van der Waals surface area contributed by atoms with Gasteiger partial charge in [-0.25, -0.2) is 0 Å². The number of rotatable bonds is 5. The van der Waals surface area contributed by atoms with Gasteiger partial charge in [0.2, 0.25) is 5.91 Å². The Kier molecular flexibility index (Phi) is 3.82. The summed E-state index contributed by atoms with van der Waals surface area (Å²) in [5.41, 5.74) is 0. The summed E-state index contributed by atoms with van der Waals surface area (Å²) in [5, 5.41) is 6.58. The van der Waals surface area contributed by atoms with Crippen LogP contribution in [0.3, 0.4) is 0 Å². The molecule has 2 fully saturated rings. The van der Waals surface area contributed by atoms with Gasteiger partial charge in [-0.3, -0.25) is 4.79 Å². The van der Waals surface area contributed by atoms with Gasteiger partial charge in [0.15, 0.2) is 0 Å². The third kappa shape index (κ3) is 2.38. The smallest absolute Gasteiger partial charge is 0.225 e. The van der Waals surface area contributed by atoms with Crippen molar-refractivity contribution >= 4 is 5.91 Å². The molecule has 2 aliphatic rings. The Labute approximate surface area is 97.1 Å². The van der Waals surface area contributed by atoms with Crippen molar-refractivity contribution in [3.63, 3.8) is 0 Å². The highest BCUT2D eigenvalue weighted by Gasteiger charge is 2.42. The van der Waals surface area contributed by atoms with E-state index < -0.39 is 0 Å². The number of ether oxygens (including phenoxy) is 1. The minimum atomic E-state index is 0.164. The first-order chi connectivity index (χ1) is 7.74. The second-order valence-electron chi connectivity index (χ2n) is 4.96. The second kappa shape index (κ2) is 5.15. The molecule has 2 aliphatic heterocycles. The van der Waals surface area contributed by atoms with Crippen molar-refractivity contribution < 1.29 is 9.53 Å². The first-order valence-corrected chi connectivity index (χ1v) is 6.30. The number of carbonyl (C=O) groups excluding carboxylic acids is 1. The summed E-state index contributed by atoms with van der Waals surface area (Å²) in [6, 6.07) is 1.17. The molecule has 4 unspecified atom stereocenters. The van der Waals surface area contributed by atoms with Gasteiger partial charge in [-0.15, -0.1) is 0 Å². The maximum atomic E-state index is 12.1. The SMILES string of the molecule is CCC(COC)NC(=O)C1CC2CCC1N2. The maximum absolute atomic E-state index is 12.1. The Morgan fingerprint density at radius 2 is 2.38 bits per heavy atom. The first-order valence-electron chi connectivity index (χ1n) is 6.30. The quantitative estimate of drug-likeness (QED) is 0.724. The lowest BCUT2D eigenvalue weighted by atomic mass is 9.88. The monoisotopic (exact) mass is 226 g/mol. The lowest BCUT2D eigenvalue weighted by molar-refractivity contribution is -0.126. The van der Waals surface area contributed by atoms with Crippen LogP contribution < -0.4 is 10.6 Å². The molecule has 4 heteroatoms. The largest absolute Gasteiger partial charge is 0.383 e. The molecule has 4 nitrogen and oxygen atoms in total. The minimum absolute atomic E-state index is 0.164. The summed E-state index contributed by atoms with van der Waals surface area (Å²) in [5.74, 6) is 0.397. The molecule has 2 N–H and O–H groups in total. The van der Waals surface area contributed by atoms with E-state index in [1.807, 2.05) is 0 Å². The topological polar surface area (TPSA) is 50.4 Å². The molecule has 92 valence electrons. The van der Waals surface area contributed by atoms with Gasteiger partial charge in [0.05, 0.1) is 18.6 Å². The van der Waals surface area contributed by atoms with Crippen LogP contribution in [-0.2, 0) is 9.53 Å². The van der Waals surface area contributed by atoms with Crippen molar-refractivity contribution in [1.29, 1.82) is 0 Å². The van der Waals surface area contributed by atoms with Crippen molar-refractivity contribution in [2.24, 2.45) is 5.92 Å².